The Hall–Kier alpha value is -2.58. The molecule has 0 unspecified atom stereocenters. The third-order valence-corrected chi connectivity index (χ3v) is 5.99. The number of thioether (sulfide) groups is 1. The molecule has 1 amide bonds. The van der Waals surface area contributed by atoms with E-state index in [2.05, 4.69) is 36.1 Å². The van der Waals surface area contributed by atoms with E-state index in [1.165, 1.54) is 17.4 Å². The molecule has 0 saturated heterocycles. The number of amides is 1. The molecule has 152 valence electrons. The number of anilines is 1. The van der Waals surface area contributed by atoms with Crippen LogP contribution in [0.1, 0.15) is 38.0 Å². The Morgan fingerprint density at radius 3 is 2.79 bits per heavy atom. The number of oxazole rings is 1. The van der Waals surface area contributed by atoms with Crippen molar-refractivity contribution >= 4 is 40.2 Å². The van der Waals surface area contributed by atoms with Crippen LogP contribution in [0.2, 0.25) is 0 Å². The van der Waals surface area contributed by atoms with E-state index in [9.17, 15) is 4.79 Å². The van der Waals surface area contributed by atoms with Gasteiger partial charge in [0.2, 0.25) is 11.8 Å². The third-order valence-electron chi connectivity index (χ3n) is 3.90. The Morgan fingerprint density at radius 2 is 2.07 bits per heavy atom. The zero-order valence-electron chi connectivity index (χ0n) is 16.8. The Balaban J connectivity index is 1.54. The molecule has 3 rings (SSSR count). The number of thiazole rings is 1. The zero-order valence-corrected chi connectivity index (χ0v) is 18.4. The molecule has 1 aromatic carbocycles. The Kier molecular flexibility index (Phi) is 6.76. The summed E-state index contributed by atoms with van der Waals surface area (Å²) < 4.78 is 12.0. The van der Waals surface area contributed by atoms with Crippen LogP contribution in [0.25, 0.3) is 6.08 Å². The normalized spacial score (nSPS) is 11.7. The minimum atomic E-state index is -0.246. The minimum Gasteiger partial charge on any atom is -0.496 e. The molecule has 0 atom stereocenters. The van der Waals surface area contributed by atoms with Gasteiger partial charge >= 0.3 is 0 Å². The monoisotopic (exact) mass is 429 g/mol. The number of rotatable bonds is 7. The maximum atomic E-state index is 12.2. The van der Waals surface area contributed by atoms with E-state index in [-0.39, 0.29) is 11.3 Å². The van der Waals surface area contributed by atoms with E-state index >= 15 is 0 Å². The van der Waals surface area contributed by atoms with Gasteiger partial charge in [-0.05, 0) is 12.1 Å². The molecule has 0 radical (unpaired) electrons. The molecule has 0 aliphatic carbocycles. The van der Waals surface area contributed by atoms with Gasteiger partial charge in [0.05, 0.1) is 29.5 Å². The lowest BCUT2D eigenvalue weighted by atomic mass is 9.94. The predicted octanol–water partition coefficient (Wildman–Crippen LogP) is 5.38. The smallest absolute Gasteiger partial charge is 0.250 e. The summed E-state index contributed by atoms with van der Waals surface area (Å²) in [5.41, 5.74) is 0.774. The van der Waals surface area contributed by atoms with E-state index in [0.717, 1.165) is 15.5 Å². The number of carbonyl (C=O) groups is 1. The predicted molar refractivity (Wildman–Crippen MR) is 118 cm³/mol. The number of aromatic nitrogens is 2. The Bertz CT molecular complexity index is 1000. The van der Waals surface area contributed by atoms with Crippen LogP contribution >= 0.6 is 23.1 Å². The zero-order chi connectivity index (χ0) is 20.9. The maximum Gasteiger partial charge on any atom is 0.250 e. The molecule has 2 aromatic heterocycles. The quantitative estimate of drug-likeness (QED) is 0.401. The number of hydrogen-bond donors (Lipinski definition) is 1. The highest BCUT2D eigenvalue weighted by atomic mass is 32.2. The van der Waals surface area contributed by atoms with Gasteiger partial charge < -0.3 is 9.15 Å². The number of para-hydroxylation sites is 1. The van der Waals surface area contributed by atoms with Crippen molar-refractivity contribution in [1.29, 1.82) is 0 Å². The molecule has 0 aliphatic heterocycles. The summed E-state index contributed by atoms with van der Waals surface area (Å²) in [6, 6.07) is 7.50. The molecule has 3 aromatic rings. The molecular weight excluding hydrogens is 406 g/mol. The lowest BCUT2D eigenvalue weighted by molar-refractivity contribution is -0.111. The van der Waals surface area contributed by atoms with Crippen LogP contribution in [0.15, 0.2) is 51.4 Å². The van der Waals surface area contributed by atoms with E-state index < -0.39 is 0 Å². The summed E-state index contributed by atoms with van der Waals surface area (Å²) in [4.78, 5) is 20.8. The molecule has 0 aliphatic rings. The fourth-order valence-corrected chi connectivity index (χ4v) is 4.09. The van der Waals surface area contributed by atoms with Gasteiger partial charge in [-0.3, -0.25) is 10.1 Å². The summed E-state index contributed by atoms with van der Waals surface area (Å²) >= 11 is 2.99. The van der Waals surface area contributed by atoms with Crippen LogP contribution in [0.5, 0.6) is 5.75 Å². The SMILES string of the molecule is COc1ccccc1C=CC(=O)Nc1ncc(SCc2ncc(C(C)(C)C)o2)s1. The van der Waals surface area contributed by atoms with Crippen molar-refractivity contribution in [2.24, 2.45) is 0 Å². The van der Waals surface area contributed by atoms with Crippen molar-refractivity contribution in [2.45, 2.75) is 36.1 Å². The first-order valence-corrected chi connectivity index (χ1v) is 10.8. The molecule has 1 N–H and O–H groups in total. The van der Waals surface area contributed by atoms with Gasteiger partial charge in [0.25, 0.3) is 0 Å². The molecule has 0 saturated carbocycles. The highest BCUT2D eigenvalue weighted by Gasteiger charge is 2.19. The molecular formula is C21H23N3O3S2. The molecule has 0 bridgehead atoms. The van der Waals surface area contributed by atoms with Gasteiger partial charge in [0.15, 0.2) is 5.13 Å². The van der Waals surface area contributed by atoms with Crippen LogP contribution < -0.4 is 10.1 Å². The highest BCUT2D eigenvalue weighted by Crippen LogP contribution is 2.31. The fourth-order valence-electron chi connectivity index (χ4n) is 2.36. The van der Waals surface area contributed by atoms with Gasteiger partial charge in [0, 0.05) is 17.1 Å². The van der Waals surface area contributed by atoms with Crippen molar-refractivity contribution in [3.05, 3.63) is 59.9 Å². The van der Waals surface area contributed by atoms with Crippen LogP contribution in [0, 0.1) is 0 Å². The van der Waals surface area contributed by atoms with Crippen molar-refractivity contribution in [1.82, 2.24) is 9.97 Å². The second-order valence-corrected chi connectivity index (χ2v) is 9.51. The number of methoxy groups -OCH3 is 1. The Morgan fingerprint density at radius 1 is 1.28 bits per heavy atom. The van der Waals surface area contributed by atoms with Crippen LogP contribution in [-0.4, -0.2) is 23.0 Å². The van der Waals surface area contributed by atoms with E-state index in [1.54, 1.807) is 37.3 Å². The lowest BCUT2D eigenvalue weighted by Gasteiger charge is -2.12. The third kappa shape index (κ3) is 5.95. The summed E-state index contributed by atoms with van der Waals surface area (Å²) in [6.45, 7) is 6.26. The first-order valence-electron chi connectivity index (χ1n) is 9.01. The number of nitrogens with one attached hydrogen (secondary N) is 1. The summed E-state index contributed by atoms with van der Waals surface area (Å²) in [7, 11) is 1.60. The first kappa shape index (κ1) is 21.1. The van der Waals surface area contributed by atoms with Gasteiger partial charge in [-0.25, -0.2) is 9.97 Å². The van der Waals surface area contributed by atoms with Crippen LogP contribution in [0.4, 0.5) is 5.13 Å². The molecule has 29 heavy (non-hydrogen) atoms. The second kappa shape index (κ2) is 9.28. The molecule has 8 heteroatoms. The van der Waals surface area contributed by atoms with E-state index in [1.807, 2.05) is 24.3 Å². The topological polar surface area (TPSA) is 77.2 Å². The average molecular weight is 430 g/mol. The molecule has 0 fully saturated rings. The number of carbonyl (C=O) groups excluding carboxylic acids is 1. The van der Waals surface area contributed by atoms with Crippen molar-refractivity contribution < 1.29 is 13.9 Å². The van der Waals surface area contributed by atoms with Crippen molar-refractivity contribution in [2.75, 3.05) is 12.4 Å². The average Bonchev–Trinajstić information content (AvgIpc) is 3.34. The summed E-state index contributed by atoms with van der Waals surface area (Å²) in [5.74, 6) is 2.63. The van der Waals surface area contributed by atoms with Gasteiger partial charge in [-0.2, -0.15) is 0 Å². The van der Waals surface area contributed by atoms with Gasteiger partial charge in [0.1, 0.15) is 11.5 Å². The maximum absolute atomic E-state index is 12.2. The van der Waals surface area contributed by atoms with E-state index in [0.29, 0.717) is 22.5 Å². The summed E-state index contributed by atoms with van der Waals surface area (Å²) in [6.07, 6.45) is 6.70. The first-order chi connectivity index (χ1) is 13.8. The van der Waals surface area contributed by atoms with Crippen LogP contribution in [0.3, 0.4) is 0 Å². The minimum absolute atomic E-state index is 0.0604. The van der Waals surface area contributed by atoms with E-state index in [4.69, 9.17) is 9.15 Å². The molecule has 0 spiro atoms. The number of ether oxygens (including phenoxy) is 1. The summed E-state index contributed by atoms with van der Waals surface area (Å²) in [5, 5.41) is 3.33. The van der Waals surface area contributed by atoms with Gasteiger partial charge in [-0.15, -0.1) is 11.8 Å². The highest BCUT2D eigenvalue weighted by molar-refractivity contribution is 8.00. The number of hydrogen-bond acceptors (Lipinski definition) is 7. The Labute approximate surface area is 178 Å². The van der Waals surface area contributed by atoms with Crippen molar-refractivity contribution in [3.63, 3.8) is 0 Å². The number of benzene rings is 1. The largest absolute Gasteiger partial charge is 0.496 e. The second-order valence-electron chi connectivity index (χ2n) is 7.21. The number of nitrogens with zero attached hydrogens (tertiary/aromatic N) is 2. The van der Waals surface area contributed by atoms with Crippen molar-refractivity contribution in [3.8, 4) is 5.75 Å². The van der Waals surface area contributed by atoms with Crippen LogP contribution in [-0.2, 0) is 16.0 Å². The molecule has 2 heterocycles. The van der Waals surface area contributed by atoms with Gasteiger partial charge in [-0.1, -0.05) is 50.3 Å². The fraction of sp³-hybridized carbons (Fsp3) is 0.286. The lowest BCUT2D eigenvalue weighted by Crippen LogP contribution is -2.09. The molecule has 6 nitrogen and oxygen atoms in total. The standard InChI is InChI=1S/C21H23N3O3S2/c1-21(2,3)16-11-22-18(27-16)13-28-19-12-23-20(29-19)24-17(25)10-9-14-7-5-6-8-15(14)26-4/h5-12H,13H2,1-4H3,(H,23,24,25).